The third-order valence-electron chi connectivity index (χ3n) is 3.60. The van der Waals surface area contributed by atoms with Crippen molar-refractivity contribution in [2.75, 3.05) is 18.5 Å². The second-order valence-electron chi connectivity index (χ2n) is 5.15. The molecule has 1 amide bonds. The van der Waals surface area contributed by atoms with Crippen LogP contribution in [0.4, 0.5) is 5.13 Å². The SMILES string of the molecule is CCc1ccc(-c2csc(NC(=O)[C@H]3NCCO[C@@H]3C)n2)s1.Cl. The van der Waals surface area contributed by atoms with Crippen molar-refractivity contribution in [3.63, 3.8) is 0 Å². The van der Waals surface area contributed by atoms with Crippen molar-refractivity contribution in [3.05, 3.63) is 22.4 Å². The molecule has 126 valence electrons. The molecule has 23 heavy (non-hydrogen) atoms. The Kier molecular flexibility index (Phi) is 6.55. The molecule has 0 aliphatic carbocycles. The molecule has 3 rings (SSSR count). The highest BCUT2D eigenvalue weighted by Gasteiger charge is 2.28. The highest BCUT2D eigenvalue weighted by molar-refractivity contribution is 7.17. The van der Waals surface area contributed by atoms with Gasteiger partial charge in [0.15, 0.2) is 5.13 Å². The van der Waals surface area contributed by atoms with Gasteiger partial charge in [0.25, 0.3) is 0 Å². The van der Waals surface area contributed by atoms with Crippen LogP contribution in [-0.4, -0.2) is 36.2 Å². The number of carbonyl (C=O) groups excluding carboxylic acids is 1. The Morgan fingerprint density at radius 1 is 1.52 bits per heavy atom. The van der Waals surface area contributed by atoms with E-state index in [1.54, 1.807) is 11.3 Å². The Morgan fingerprint density at radius 3 is 3.04 bits per heavy atom. The van der Waals surface area contributed by atoms with Gasteiger partial charge in [0.2, 0.25) is 5.91 Å². The topological polar surface area (TPSA) is 63.2 Å². The van der Waals surface area contributed by atoms with E-state index >= 15 is 0 Å². The molecular formula is C15H20ClN3O2S2. The van der Waals surface area contributed by atoms with Crippen LogP contribution in [0.15, 0.2) is 17.5 Å². The summed E-state index contributed by atoms with van der Waals surface area (Å²) < 4.78 is 5.50. The van der Waals surface area contributed by atoms with Crippen molar-refractivity contribution in [3.8, 4) is 10.6 Å². The number of nitrogens with one attached hydrogen (secondary N) is 2. The Labute approximate surface area is 149 Å². The molecule has 2 aromatic rings. The second-order valence-corrected chi connectivity index (χ2v) is 7.18. The van der Waals surface area contributed by atoms with Crippen LogP contribution in [0, 0.1) is 0 Å². The number of hydrogen-bond acceptors (Lipinski definition) is 6. The van der Waals surface area contributed by atoms with Crippen LogP contribution in [0.3, 0.4) is 0 Å². The van der Waals surface area contributed by atoms with Crippen molar-refractivity contribution in [2.45, 2.75) is 32.4 Å². The molecule has 0 unspecified atom stereocenters. The van der Waals surface area contributed by atoms with Gasteiger partial charge in [-0.1, -0.05) is 6.92 Å². The fourth-order valence-electron chi connectivity index (χ4n) is 2.36. The molecule has 2 atom stereocenters. The molecule has 2 N–H and O–H groups in total. The second kappa shape index (κ2) is 8.21. The normalized spacial score (nSPS) is 20.8. The van der Waals surface area contributed by atoms with Gasteiger partial charge in [0.05, 0.1) is 23.3 Å². The molecule has 2 aromatic heterocycles. The molecular weight excluding hydrogens is 354 g/mol. The zero-order valence-electron chi connectivity index (χ0n) is 13.0. The minimum Gasteiger partial charge on any atom is -0.375 e. The van der Waals surface area contributed by atoms with E-state index in [0.717, 1.165) is 17.0 Å². The molecule has 1 saturated heterocycles. The summed E-state index contributed by atoms with van der Waals surface area (Å²) >= 11 is 3.20. The molecule has 8 heteroatoms. The number of thiophene rings is 1. The van der Waals surface area contributed by atoms with Gasteiger partial charge < -0.3 is 15.4 Å². The van der Waals surface area contributed by atoms with Gasteiger partial charge in [0, 0.05) is 16.8 Å². The van der Waals surface area contributed by atoms with Crippen molar-refractivity contribution in [1.82, 2.24) is 10.3 Å². The van der Waals surface area contributed by atoms with E-state index in [9.17, 15) is 4.79 Å². The van der Waals surface area contributed by atoms with Crippen LogP contribution in [-0.2, 0) is 16.0 Å². The monoisotopic (exact) mass is 373 g/mol. The Hall–Kier alpha value is -0.990. The Morgan fingerprint density at radius 2 is 2.35 bits per heavy atom. The van der Waals surface area contributed by atoms with Crippen LogP contribution in [0.5, 0.6) is 0 Å². The first kappa shape index (κ1) is 18.4. The van der Waals surface area contributed by atoms with Crippen LogP contribution >= 0.6 is 35.1 Å². The van der Waals surface area contributed by atoms with Gasteiger partial charge in [-0.25, -0.2) is 4.98 Å². The van der Waals surface area contributed by atoms with E-state index in [0.29, 0.717) is 18.3 Å². The van der Waals surface area contributed by atoms with Crippen LogP contribution in [0.2, 0.25) is 0 Å². The predicted octanol–water partition coefficient (Wildman–Crippen LogP) is 3.17. The predicted molar refractivity (Wildman–Crippen MR) is 97.9 cm³/mol. The molecule has 1 fully saturated rings. The molecule has 3 heterocycles. The summed E-state index contributed by atoms with van der Waals surface area (Å²) in [5.74, 6) is -0.0893. The van der Waals surface area contributed by atoms with Crippen molar-refractivity contribution in [1.29, 1.82) is 0 Å². The van der Waals surface area contributed by atoms with Crippen molar-refractivity contribution < 1.29 is 9.53 Å². The van der Waals surface area contributed by atoms with Gasteiger partial charge in [-0.2, -0.15) is 0 Å². The summed E-state index contributed by atoms with van der Waals surface area (Å²) in [6.07, 6.45) is 0.904. The van der Waals surface area contributed by atoms with Gasteiger partial charge in [-0.3, -0.25) is 4.79 Å². The highest BCUT2D eigenvalue weighted by Crippen LogP contribution is 2.31. The maximum atomic E-state index is 12.3. The summed E-state index contributed by atoms with van der Waals surface area (Å²) in [5, 5.41) is 8.68. The molecule has 1 aliphatic rings. The number of anilines is 1. The quantitative estimate of drug-likeness (QED) is 0.864. The summed E-state index contributed by atoms with van der Waals surface area (Å²) in [7, 11) is 0. The van der Waals surface area contributed by atoms with Gasteiger partial charge in [0.1, 0.15) is 6.04 Å². The first-order chi connectivity index (χ1) is 10.7. The summed E-state index contributed by atoms with van der Waals surface area (Å²) in [6, 6.07) is 3.89. The number of aryl methyl sites for hydroxylation is 1. The van der Waals surface area contributed by atoms with Gasteiger partial charge in [-0.15, -0.1) is 35.1 Å². The number of halogens is 1. The van der Waals surface area contributed by atoms with E-state index in [1.165, 1.54) is 16.2 Å². The number of aromatic nitrogens is 1. The Balaban J connectivity index is 0.00000192. The number of ether oxygens (including phenoxy) is 1. The zero-order chi connectivity index (χ0) is 15.5. The number of nitrogens with zero attached hydrogens (tertiary/aromatic N) is 1. The molecule has 5 nitrogen and oxygen atoms in total. The van der Waals surface area contributed by atoms with E-state index in [-0.39, 0.29) is 30.5 Å². The summed E-state index contributed by atoms with van der Waals surface area (Å²) in [6.45, 7) is 5.38. The van der Waals surface area contributed by atoms with Crippen LogP contribution in [0.25, 0.3) is 10.6 Å². The van der Waals surface area contributed by atoms with Gasteiger partial charge in [-0.05, 0) is 25.5 Å². The summed E-state index contributed by atoms with van der Waals surface area (Å²) in [5.41, 5.74) is 0.922. The Bertz CT molecular complexity index is 659. The number of amides is 1. The number of morpholine rings is 1. The fourth-order valence-corrected chi connectivity index (χ4v) is 4.06. The first-order valence-electron chi connectivity index (χ1n) is 7.38. The zero-order valence-corrected chi connectivity index (χ0v) is 15.4. The average molecular weight is 374 g/mol. The maximum Gasteiger partial charge on any atom is 0.245 e. The fraction of sp³-hybridized carbons (Fsp3) is 0.467. The van der Waals surface area contributed by atoms with E-state index in [1.807, 2.05) is 12.3 Å². The maximum absolute atomic E-state index is 12.3. The highest BCUT2D eigenvalue weighted by atomic mass is 35.5. The van der Waals surface area contributed by atoms with Crippen molar-refractivity contribution >= 4 is 46.1 Å². The molecule has 0 aromatic carbocycles. The van der Waals surface area contributed by atoms with E-state index in [2.05, 4.69) is 34.7 Å². The molecule has 0 bridgehead atoms. The minimum absolute atomic E-state index is 0. The van der Waals surface area contributed by atoms with Crippen LogP contribution < -0.4 is 10.6 Å². The standard InChI is InChI=1S/C15H19N3O2S2.ClH/c1-3-10-4-5-12(22-10)11-8-21-15(17-11)18-14(19)13-9(2)20-7-6-16-13;/h4-5,8-9,13,16H,3,6-7H2,1-2H3,(H,17,18,19);1H/t9-,13+;/m1./s1. The van der Waals surface area contributed by atoms with E-state index in [4.69, 9.17) is 4.74 Å². The lowest BCUT2D eigenvalue weighted by Gasteiger charge is -2.28. The smallest absolute Gasteiger partial charge is 0.245 e. The lowest BCUT2D eigenvalue weighted by atomic mass is 10.1. The first-order valence-corrected chi connectivity index (χ1v) is 9.07. The van der Waals surface area contributed by atoms with Crippen LogP contribution in [0.1, 0.15) is 18.7 Å². The average Bonchev–Trinajstić information content (AvgIpc) is 3.16. The number of carbonyl (C=O) groups is 1. The number of rotatable bonds is 4. The molecule has 1 aliphatic heterocycles. The number of thiazole rings is 1. The largest absolute Gasteiger partial charge is 0.375 e. The van der Waals surface area contributed by atoms with E-state index < -0.39 is 0 Å². The van der Waals surface area contributed by atoms with Gasteiger partial charge >= 0.3 is 0 Å². The lowest BCUT2D eigenvalue weighted by molar-refractivity contribution is -0.123. The number of hydrogen-bond donors (Lipinski definition) is 2. The minimum atomic E-state index is -0.325. The third-order valence-corrected chi connectivity index (χ3v) is 5.61. The van der Waals surface area contributed by atoms with Crippen molar-refractivity contribution in [2.24, 2.45) is 0 Å². The third kappa shape index (κ3) is 4.30. The summed E-state index contributed by atoms with van der Waals surface area (Å²) in [4.78, 5) is 19.3. The molecule has 0 saturated carbocycles. The lowest BCUT2D eigenvalue weighted by Crippen LogP contribution is -2.53. The molecule has 0 radical (unpaired) electrons. The molecule has 0 spiro atoms.